The fourth-order valence-electron chi connectivity index (χ4n) is 4.66. The number of nitrogens with zero attached hydrogens (tertiary/aromatic N) is 1. The Morgan fingerprint density at radius 3 is 2.53 bits per heavy atom. The lowest BCUT2D eigenvalue weighted by molar-refractivity contribution is -0.125. The van der Waals surface area contributed by atoms with E-state index in [1.54, 1.807) is 21.3 Å². The third kappa shape index (κ3) is 4.56. The maximum absolute atomic E-state index is 12.7. The van der Waals surface area contributed by atoms with Gasteiger partial charge in [-0.25, -0.2) is 0 Å². The lowest BCUT2D eigenvalue weighted by Gasteiger charge is -2.24. The molecule has 32 heavy (non-hydrogen) atoms. The van der Waals surface area contributed by atoms with Crippen molar-refractivity contribution >= 4 is 16.7 Å². The minimum Gasteiger partial charge on any atom is -0.493 e. The molecule has 1 aliphatic rings. The van der Waals surface area contributed by atoms with Crippen LogP contribution in [-0.2, 0) is 17.9 Å². The number of carbonyl (C=O) groups is 1. The Hall–Kier alpha value is -3.09. The highest BCUT2D eigenvalue weighted by Gasteiger charge is 2.36. The van der Waals surface area contributed by atoms with Crippen LogP contribution in [0.15, 0.2) is 60.7 Å². The van der Waals surface area contributed by atoms with Gasteiger partial charge in [-0.05, 0) is 28.8 Å². The molecule has 6 nitrogen and oxygen atoms in total. The van der Waals surface area contributed by atoms with Crippen molar-refractivity contribution in [2.24, 2.45) is 0 Å². The number of likely N-dealkylation sites (N-methyl/N-ethyl adjacent to an activating group) is 1. The van der Waals surface area contributed by atoms with E-state index in [2.05, 4.69) is 58.0 Å². The first kappa shape index (κ1) is 22.1. The zero-order valence-corrected chi connectivity index (χ0v) is 18.9. The molecule has 4 rings (SSSR count). The van der Waals surface area contributed by atoms with E-state index < -0.39 is 0 Å². The Balaban J connectivity index is 1.50. The molecule has 0 aliphatic carbocycles. The van der Waals surface area contributed by atoms with Crippen molar-refractivity contribution in [3.63, 3.8) is 0 Å². The van der Waals surface area contributed by atoms with Crippen LogP contribution in [0.5, 0.6) is 11.5 Å². The molecule has 0 bridgehead atoms. The van der Waals surface area contributed by atoms with E-state index in [-0.39, 0.29) is 18.0 Å². The smallest absolute Gasteiger partial charge is 0.237 e. The third-order valence-electron chi connectivity index (χ3n) is 6.27. The summed E-state index contributed by atoms with van der Waals surface area (Å²) < 4.78 is 11.1. The average Bonchev–Trinajstić information content (AvgIpc) is 3.24. The number of carbonyl (C=O) groups excluding carboxylic acids is 1. The van der Waals surface area contributed by atoms with Crippen LogP contribution < -0.4 is 20.1 Å². The maximum Gasteiger partial charge on any atom is 0.237 e. The van der Waals surface area contributed by atoms with E-state index in [9.17, 15) is 4.79 Å². The van der Waals surface area contributed by atoms with Gasteiger partial charge in [-0.15, -0.1) is 0 Å². The summed E-state index contributed by atoms with van der Waals surface area (Å²) >= 11 is 0. The molecule has 0 radical (unpaired) electrons. The first-order valence-corrected chi connectivity index (χ1v) is 11.0. The van der Waals surface area contributed by atoms with Crippen LogP contribution in [-0.4, -0.2) is 50.7 Å². The number of para-hydroxylation sites is 1. The first-order valence-electron chi connectivity index (χ1n) is 11.0. The van der Waals surface area contributed by atoms with Crippen molar-refractivity contribution in [3.8, 4) is 11.5 Å². The summed E-state index contributed by atoms with van der Waals surface area (Å²) in [6, 6.07) is 20.7. The summed E-state index contributed by atoms with van der Waals surface area (Å²) in [4.78, 5) is 14.9. The van der Waals surface area contributed by atoms with E-state index in [0.717, 1.165) is 30.8 Å². The molecule has 3 aromatic carbocycles. The zero-order chi connectivity index (χ0) is 22.5. The molecule has 0 aromatic heterocycles. The molecule has 0 unspecified atom stereocenters. The fraction of sp³-hybridized carbons (Fsp3) is 0.346. The summed E-state index contributed by atoms with van der Waals surface area (Å²) in [7, 11) is 4.98. The number of rotatable bonds is 8. The van der Waals surface area contributed by atoms with Crippen molar-refractivity contribution in [2.75, 3.05) is 27.8 Å². The van der Waals surface area contributed by atoms with Crippen molar-refractivity contribution in [3.05, 3.63) is 71.8 Å². The van der Waals surface area contributed by atoms with Gasteiger partial charge in [-0.1, -0.05) is 54.6 Å². The summed E-state index contributed by atoms with van der Waals surface area (Å²) in [5.41, 5.74) is 2.28. The van der Waals surface area contributed by atoms with Crippen LogP contribution in [0.4, 0.5) is 0 Å². The minimum absolute atomic E-state index is 0.0429. The highest BCUT2D eigenvalue weighted by molar-refractivity contribution is 5.85. The van der Waals surface area contributed by atoms with Crippen molar-refractivity contribution in [1.82, 2.24) is 15.5 Å². The Kier molecular flexibility index (Phi) is 6.93. The normalized spacial score (nSPS) is 18.6. The molecule has 1 amide bonds. The van der Waals surface area contributed by atoms with Gasteiger partial charge in [0.25, 0.3) is 0 Å². The molecule has 1 heterocycles. The van der Waals surface area contributed by atoms with Crippen molar-refractivity contribution < 1.29 is 14.3 Å². The molecule has 1 aliphatic heterocycles. The van der Waals surface area contributed by atoms with Crippen LogP contribution in [0.3, 0.4) is 0 Å². The molecule has 2 N–H and O–H groups in total. The maximum atomic E-state index is 12.7. The quantitative estimate of drug-likeness (QED) is 0.571. The predicted octanol–water partition coefficient (Wildman–Crippen LogP) is 3.34. The Morgan fingerprint density at radius 2 is 1.75 bits per heavy atom. The second kappa shape index (κ2) is 10.0. The van der Waals surface area contributed by atoms with E-state index >= 15 is 0 Å². The van der Waals surface area contributed by atoms with E-state index in [0.29, 0.717) is 12.3 Å². The molecule has 0 saturated carbocycles. The standard InChI is InChI=1S/C26H31N3O3/c1-27-26(30)23-14-21(28-15-19-10-6-9-18-8-4-5-12-22(18)19)17-29(23)16-20-11-7-13-24(31-2)25(20)32-3/h4-13,21,23,28H,14-17H2,1-3H3,(H,27,30)/t21-,23-/m0/s1. The van der Waals surface area contributed by atoms with Gasteiger partial charge in [0, 0.05) is 38.3 Å². The van der Waals surface area contributed by atoms with Crippen LogP contribution in [0.2, 0.25) is 0 Å². The highest BCUT2D eigenvalue weighted by atomic mass is 16.5. The van der Waals surface area contributed by atoms with E-state index in [1.165, 1.54) is 16.3 Å². The van der Waals surface area contributed by atoms with Gasteiger partial charge in [-0.2, -0.15) is 0 Å². The fourth-order valence-corrected chi connectivity index (χ4v) is 4.66. The Labute approximate surface area is 189 Å². The third-order valence-corrected chi connectivity index (χ3v) is 6.27. The van der Waals surface area contributed by atoms with Crippen LogP contribution in [0.1, 0.15) is 17.5 Å². The summed E-state index contributed by atoms with van der Waals surface area (Å²) in [6.07, 6.45) is 0.761. The molecular weight excluding hydrogens is 402 g/mol. The first-order chi connectivity index (χ1) is 15.6. The van der Waals surface area contributed by atoms with Gasteiger partial charge in [0.15, 0.2) is 11.5 Å². The summed E-state index contributed by atoms with van der Waals surface area (Å²) in [5, 5.41) is 9.03. The van der Waals surface area contributed by atoms with Crippen molar-refractivity contribution in [2.45, 2.75) is 31.6 Å². The topological polar surface area (TPSA) is 62.8 Å². The zero-order valence-electron chi connectivity index (χ0n) is 18.9. The van der Waals surface area contributed by atoms with Gasteiger partial charge in [-0.3, -0.25) is 9.69 Å². The summed E-state index contributed by atoms with van der Waals surface area (Å²) in [6.45, 7) is 2.16. The predicted molar refractivity (Wildman–Crippen MR) is 127 cm³/mol. The summed E-state index contributed by atoms with van der Waals surface area (Å²) in [5.74, 6) is 1.46. The van der Waals surface area contributed by atoms with E-state index in [1.807, 2.05) is 18.2 Å². The molecule has 168 valence electrons. The SMILES string of the molecule is CNC(=O)[C@@H]1C[C@H](NCc2cccc3ccccc23)CN1Cc1cccc(OC)c1OC. The number of hydrogen-bond donors (Lipinski definition) is 2. The molecule has 6 heteroatoms. The van der Waals surface area contributed by atoms with Crippen LogP contribution >= 0.6 is 0 Å². The van der Waals surface area contributed by atoms with Gasteiger partial charge < -0.3 is 20.1 Å². The Bertz CT molecular complexity index is 1080. The second-order valence-electron chi connectivity index (χ2n) is 8.16. The average molecular weight is 434 g/mol. The van der Waals surface area contributed by atoms with E-state index in [4.69, 9.17) is 9.47 Å². The van der Waals surface area contributed by atoms with Gasteiger partial charge >= 0.3 is 0 Å². The van der Waals surface area contributed by atoms with Gasteiger partial charge in [0.05, 0.1) is 20.3 Å². The van der Waals surface area contributed by atoms with Crippen molar-refractivity contribution in [1.29, 1.82) is 0 Å². The Morgan fingerprint density at radius 1 is 1.00 bits per heavy atom. The molecule has 2 atom stereocenters. The number of methoxy groups -OCH3 is 2. The number of hydrogen-bond acceptors (Lipinski definition) is 5. The number of fused-ring (bicyclic) bond motifs is 1. The number of likely N-dealkylation sites (tertiary alicyclic amines) is 1. The van der Waals surface area contributed by atoms with Gasteiger partial charge in [0.2, 0.25) is 5.91 Å². The largest absolute Gasteiger partial charge is 0.493 e. The second-order valence-corrected chi connectivity index (χ2v) is 8.16. The number of amides is 1. The monoisotopic (exact) mass is 433 g/mol. The lowest BCUT2D eigenvalue weighted by Crippen LogP contribution is -2.41. The van der Waals surface area contributed by atoms with Crippen LogP contribution in [0.25, 0.3) is 10.8 Å². The van der Waals surface area contributed by atoms with Crippen LogP contribution in [0, 0.1) is 0 Å². The van der Waals surface area contributed by atoms with Gasteiger partial charge in [0.1, 0.15) is 0 Å². The number of ether oxygens (including phenoxy) is 2. The molecular formula is C26H31N3O3. The number of nitrogens with one attached hydrogen (secondary N) is 2. The lowest BCUT2D eigenvalue weighted by atomic mass is 10.0. The molecule has 1 saturated heterocycles. The molecule has 3 aromatic rings. The highest BCUT2D eigenvalue weighted by Crippen LogP contribution is 2.33. The number of benzene rings is 3. The minimum atomic E-state index is -0.194. The molecule has 0 spiro atoms. The molecule has 1 fully saturated rings.